The minimum atomic E-state index is -1.10. The lowest BCUT2D eigenvalue weighted by molar-refractivity contribution is -0.139. The molecular weight excluding hydrogens is 444 g/mol. The van der Waals surface area contributed by atoms with Crippen LogP contribution in [0.15, 0.2) is 70.6 Å². The van der Waals surface area contributed by atoms with Crippen LogP contribution in [-0.2, 0) is 20.8 Å². The molecule has 0 aliphatic carbocycles. The lowest BCUT2D eigenvalue weighted by atomic mass is 10.1. The maximum Gasteiger partial charge on any atom is 0.341 e. The number of hydrogen-bond acceptors (Lipinski definition) is 6. The van der Waals surface area contributed by atoms with E-state index >= 15 is 0 Å². The van der Waals surface area contributed by atoms with Crippen LogP contribution in [0.1, 0.15) is 11.1 Å². The van der Waals surface area contributed by atoms with Gasteiger partial charge in [0.05, 0.1) is 17.0 Å². The molecule has 0 radical (unpaired) electrons. The highest BCUT2D eigenvalue weighted by Crippen LogP contribution is 2.33. The quantitative estimate of drug-likeness (QED) is 0.456. The van der Waals surface area contributed by atoms with Crippen molar-refractivity contribution in [3.8, 4) is 5.75 Å². The number of aliphatic carboxylic acids is 2. The monoisotopic (exact) mass is 462 g/mol. The molecule has 0 unspecified atom stereocenters. The number of carboxylic acid groups (broad SMARTS) is 2. The van der Waals surface area contributed by atoms with Crippen molar-refractivity contribution in [2.75, 3.05) is 6.61 Å². The zero-order valence-electron chi connectivity index (χ0n) is 17.1. The summed E-state index contributed by atoms with van der Waals surface area (Å²) in [7, 11) is 0. The van der Waals surface area contributed by atoms with Crippen LogP contribution in [-0.4, -0.2) is 39.8 Å². The number of aliphatic imine (C=N–C) groups is 1. The summed E-state index contributed by atoms with van der Waals surface area (Å²) in [6.45, 7) is -0.502. The van der Waals surface area contributed by atoms with Crippen molar-refractivity contribution in [1.29, 1.82) is 0 Å². The van der Waals surface area contributed by atoms with Gasteiger partial charge in [-0.3, -0.25) is 9.59 Å². The summed E-state index contributed by atoms with van der Waals surface area (Å²) < 4.78 is 5.46. The van der Waals surface area contributed by atoms with Crippen molar-refractivity contribution in [1.82, 2.24) is 5.32 Å². The summed E-state index contributed by atoms with van der Waals surface area (Å²) in [6.07, 6.45) is 1.56. The number of nitrogens with one attached hydrogen (secondary N) is 1. The van der Waals surface area contributed by atoms with E-state index in [1.807, 2.05) is 30.3 Å². The smallest absolute Gasteiger partial charge is 0.341 e. The lowest BCUT2D eigenvalue weighted by Gasteiger charge is -2.10. The second-order valence-corrected chi connectivity index (χ2v) is 8.17. The van der Waals surface area contributed by atoms with Gasteiger partial charge in [-0.2, -0.15) is 0 Å². The number of carbonyl (C=O) groups is 3. The van der Waals surface area contributed by atoms with E-state index in [-0.39, 0.29) is 12.3 Å². The molecule has 9 heteroatoms. The number of nitrogens with zero attached hydrogens (tertiary/aromatic N) is 1. The van der Waals surface area contributed by atoms with E-state index in [4.69, 9.17) is 14.9 Å². The molecule has 0 spiro atoms. The molecule has 1 heterocycles. The van der Waals surface area contributed by atoms with Crippen molar-refractivity contribution < 1.29 is 29.3 Å². The first-order valence-electron chi connectivity index (χ1n) is 9.85. The van der Waals surface area contributed by atoms with Gasteiger partial charge < -0.3 is 20.3 Å². The second-order valence-electron chi connectivity index (χ2n) is 7.14. The van der Waals surface area contributed by atoms with Crippen LogP contribution in [0.2, 0.25) is 0 Å². The number of benzene rings is 3. The van der Waals surface area contributed by atoms with Crippen LogP contribution < -0.4 is 10.1 Å². The SMILES string of the molecule is O=C(O)COc1cc2ccccc2cc1C=C1SC(=Nc2ccc(CC(=O)O)cc2)NC1=O. The third-order valence-corrected chi connectivity index (χ3v) is 5.60. The number of rotatable bonds is 7. The normalized spacial score (nSPS) is 15.7. The van der Waals surface area contributed by atoms with Crippen molar-refractivity contribution >= 4 is 57.3 Å². The van der Waals surface area contributed by atoms with Crippen molar-refractivity contribution in [3.63, 3.8) is 0 Å². The van der Waals surface area contributed by atoms with E-state index in [9.17, 15) is 14.4 Å². The van der Waals surface area contributed by atoms with Crippen molar-refractivity contribution in [2.45, 2.75) is 6.42 Å². The Bertz CT molecular complexity index is 1310. The Hall–Kier alpha value is -4.11. The van der Waals surface area contributed by atoms with E-state index in [1.165, 1.54) is 0 Å². The molecule has 1 fully saturated rings. The molecule has 0 aromatic heterocycles. The van der Waals surface area contributed by atoms with Gasteiger partial charge in [-0.25, -0.2) is 9.79 Å². The maximum atomic E-state index is 12.5. The average Bonchev–Trinajstić information content (AvgIpc) is 3.11. The fourth-order valence-electron chi connectivity index (χ4n) is 3.22. The molecule has 3 N–H and O–H groups in total. The van der Waals surface area contributed by atoms with Crippen LogP contribution in [0.25, 0.3) is 16.8 Å². The molecule has 166 valence electrons. The Morgan fingerprint density at radius 1 is 1.00 bits per heavy atom. The minimum Gasteiger partial charge on any atom is -0.481 e. The highest BCUT2D eigenvalue weighted by atomic mass is 32.2. The van der Waals surface area contributed by atoms with Gasteiger partial charge in [-0.15, -0.1) is 0 Å². The third-order valence-electron chi connectivity index (χ3n) is 4.69. The van der Waals surface area contributed by atoms with Crippen LogP contribution in [0.4, 0.5) is 5.69 Å². The van der Waals surface area contributed by atoms with Gasteiger partial charge in [0.1, 0.15) is 5.75 Å². The molecule has 0 saturated carbocycles. The minimum absolute atomic E-state index is 0.0761. The molecule has 4 rings (SSSR count). The first kappa shape index (κ1) is 22.1. The van der Waals surface area contributed by atoms with E-state index in [0.717, 1.165) is 22.5 Å². The van der Waals surface area contributed by atoms with Gasteiger partial charge >= 0.3 is 11.9 Å². The number of amides is 1. The molecule has 3 aromatic carbocycles. The van der Waals surface area contributed by atoms with Crippen LogP contribution in [0, 0.1) is 0 Å². The zero-order chi connectivity index (χ0) is 23.4. The Balaban J connectivity index is 1.60. The van der Waals surface area contributed by atoms with Gasteiger partial charge in [0, 0.05) is 5.56 Å². The Morgan fingerprint density at radius 2 is 1.70 bits per heavy atom. The Kier molecular flexibility index (Phi) is 6.41. The number of amidine groups is 1. The fraction of sp³-hybridized carbons (Fsp3) is 0.0833. The van der Waals surface area contributed by atoms with Gasteiger partial charge in [-0.1, -0.05) is 36.4 Å². The highest BCUT2D eigenvalue weighted by Gasteiger charge is 2.24. The molecule has 1 aliphatic rings. The van der Waals surface area contributed by atoms with Gasteiger partial charge in [0.2, 0.25) is 0 Å². The molecule has 0 atom stereocenters. The molecule has 1 saturated heterocycles. The first-order valence-corrected chi connectivity index (χ1v) is 10.7. The molecule has 1 amide bonds. The molecule has 0 bridgehead atoms. The van der Waals surface area contributed by atoms with E-state index < -0.39 is 18.5 Å². The second kappa shape index (κ2) is 9.58. The Labute approximate surface area is 192 Å². The molecule has 8 nitrogen and oxygen atoms in total. The van der Waals surface area contributed by atoms with Crippen LogP contribution in [0.5, 0.6) is 5.75 Å². The Morgan fingerprint density at radius 3 is 2.36 bits per heavy atom. The topological polar surface area (TPSA) is 125 Å². The third kappa shape index (κ3) is 5.58. The lowest BCUT2D eigenvalue weighted by Crippen LogP contribution is -2.19. The molecule has 3 aromatic rings. The number of ether oxygens (including phenoxy) is 1. The summed E-state index contributed by atoms with van der Waals surface area (Å²) in [6, 6.07) is 17.9. The average molecular weight is 462 g/mol. The maximum absolute atomic E-state index is 12.5. The largest absolute Gasteiger partial charge is 0.481 e. The first-order chi connectivity index (χ1) is 15.9. The van der Waals surface area contributed by atoms with Crippen molar-refractivity contribution in [3.05, 3.63) is 76.7 Å². The zero-order valence-corrected chi connectivity index (χ0v) is 18.0. The number of hydrogen-bond donors (Lipinski definition) is 3. The molecule has 1 aliphatic heterocycles. The standard InChI is InChI=1S/C24H18N2O6S/c27-21(28)9-14-5-7-18(8-6-14)25-24-26-23(31)20(33-24)12-17-10-15-3-1-2-4-16(15)11-19(17)32-13-22(29)30/h1-8,10-12H,9,13H2,(H,27,28)(H,29,30)(H,25,26,31). The van der Waals surface area contributed by atoms with E-state index in [2.05, 4.69) is 10.3 Å². The number of fused-ring (bicyclic) bond motifs is 1. The summed E-state index contributed by atoms with van der Waals surface area (Å²) in [5.41, 5.74) is 1.80. The molecular formula is C24H18N2O6S. The predicted molar refractivity (Wildman–Crippen MR) is 126 cm³/mol. The summed E-state index contributed by atoms with van der Waals surface area (Å²) in [5, 5.41) is 22.7. The summed E-state index contributed by atoms with van der Waals surface area (Å²) in [5.74, 6) is -1.99. The predicted octanol–water partition coefficient (Wildman–Crippen LogP) is 3.82. The fourth-order valence-corrected chi connectivity index (χ4v) is 4.05. The van der Waals surface area contributed by atoms with E-state index in [0.29, 0.717) is 32.6 Å². The highest BCUT2D eigenvalue weighted by molar-refractivity contribution is 8.18. The summed E-state index contributed by atoms with van der Waals surface area (Å²) in [4.78, 5) is 39.1. The number of thioether (sulfide) groups is 1. The van der Waals surface area contributed by atoms with Crippen molar-refractivity contribution in [2.24, 2.45) is 4.99 Å². The van der Waals surface area contributed by atoms with E-state index in [1.54, 1.807) is 36.4 Å². The molecule has 33 heavy (non-hydrogen) atoms. The number of carbonyl (C=O) groups excluding carboxylic acids is 1. The van der Waals surface area contributed by atoms with Gasteiger partial charge in [0.25, 0.3) is 5.91 Å². The summed E-state index contributed by atoms with van der Waals surface area (Å²) >= 11 is 1.15. The van der Waals surface area contributed by atoms with Crippen LogP contribution >= 0.6 is 11.8 Å². The van der Waals surface area contributed by atoms with Gasteiger partial charge in [-0.05, 0) is 58.4 Å². The van der Waals surface area contributed by atoms with Crippen LogP contribution in [0.3, 0.4) is 0 Å². The number of carboxylic acids is 2. The van der Waals surface area contributed by atoms with Gasteiger partial charge in [0.15, 0.2) is 11.8 Å².